The average molecular weight is 269 g/mol. The Morgan fingerprint density at radius 3 is 2.67 bits per heavy atom. The first-order valence-corrected chi connectivity index (χ1v) is 7.61. The van der Waals surface area contributed by atoms with Crippen molar-refractivity contribution in [2.24, 2.45) is 5.92 Å². The number of pyridine rings is 1. The van der Waals surface area contributed by atoms with Gasteiger partial charge in [0.15, 0.2) is 0 Å². The molecule has 1 N–H and O–H groups in total. The molecule has 0 saturated carbocycles. The summed E-state index contributed by atoms with van der Waals surface area (Å²) in [6.45, 7) is 3.36. The molecule has 1 aliphatic rings. The first-order valence-electron chi connectivity index (χ1n) is 6.17. The van der Waals surface area contributed by atoms with Gasteiger partial charge >= 0.3 is 0 Å². The lowest BCUT2D eigenvalue weighted by Crippen LogP contribution is -2.38. The zero-order valence-corrected chi connectivity index (χ0v) is 11.6. The van der Waals surface area contributed by atoms with E-state index < -0.39 is 10.0 Å². The highest BCUT2D eigenvalue weighted by molar-refractivity contribution is 7.89. The number of sulfonamides is 1. The quantitative estimate of drug-likeness (QED) is 0.904. The Labute approximate surface area is 108 Å². The number of hydrogen-bond acceptors (Lipinski definition) is 4. The van der Waals surface area contributed by atoms with Crippen molar-refractivity contribution in [3.63, 3.8) is 0 Å². The normalized spacial score (nSPS) is 18.8. The summed E-state index contributed by atoms with van der Waals surface area (Å²) in [5.41, 5.74) is 0.601. The summed E-state index contributed by atoms with van der Waals surface area (Å²) in [5, 5.41) is 2.90. The van der Waals surface area contributed by atoms with Crippen LogP contribution < -0.4 is 5.32 Å². The van der Waals surface area contributed by atoms with Gasteiger partial charge in [0.2, 0.25) is 10.0 Å². The summed E-state index contributed by atoms with van der Waals surface area (Å²) in [5.74, 6) is 0.606. The van der Waals surface area contributed by atoms with Crippen LogP contribution in [0.25, 0.3) is 0 Å². The van der Waals surface area contributed by atoms with Gasteiger partial charge in [0.25, 0.3) is 0 Å². The van der Waals surface area contributed by atoms with Gasteiger partial charge in [-0.25, -0.2) is 8.42 Å². The second-order valence-electron chi connectivity index (χ2n) is 4.71. The molecule has 2 heterocycles. The van der Waals surface area contributed by atoms with Gasteiger partial charge in [-0.1, -0.05) is 6.92 Å². The smallest absolute Gasteiger partial charge is 0.246 e. The van der Waals surface area contributed by atoms with Crippen LogP contribution in [-0.4, -0.2) is 37.8 Å². The van der Waals surface area contributed by atoms with Gasteiger partial charge < -0.3 is 5.32 Å². The Balaban J connectivity index is 2.30. The number of nitrogens with one attached hydrogen (secondary N) is 1. The fourth-order valence-electron chi connectivity index (χ4n) is 2.16. The first-order chi connectivity index (χ1) is 8.55. The fraction of sp³-hybridized carbons (Fsp3) is 0.583. The van der Waals surface area contributed by atoms with Crippen molar-refractivity contribution in [2.45, 2.75) is 24.7 Å². The highest BCUT2D eigenvalue weighted by atomic mass is 32.2. The molecule has 0 amide bonds. The van der Waals surface area contributed by atoms with Crippen LogP contribution in [0.1, 0.15) is 19.8 Å². The fourth-order valence-corrected chi connectivity index (χ4v) is 3.77. The third-order valence-corrected chi connectivity index (χ3v) is 5.34. The second kappa shape index (κ2) is 5.24. The van der Waals surface area contributed by atoms with E-state index in [-0.39, 0.29) is 4.90 Å². The Morgan fingerprint density at radius 1 is 1.39 bits per heavy atom. The minimum Gasteiger partial charge on any atom is -0.387 e. The van der Waals surface area contributed by atoms with Gasteiger partial charge in [-0.2, -0.15) is 4.31 Å². The molecule has 0 atom stereocenters. The van der Waals surface area contributed by atoms with Gasteiger partial charge in [0.05, 0.1) is 5.69 Å². The van der Waals surface area contributed by atoms with Crippen molar-refractivity contribution in [2.75, 3.05) is 25.5 Å². The molecule has 0 unspecified atom stereocenters. The van der Waals surface area contributed by atoms with E-state index in [1.807, 2.05) is 0 Å². The van der Waals surface area contributed by atoms with Crippen LogP contribution in [0.2, 0.25) is 0 Å². The summed E-state index contributed by atoms with van der Waals surface area (Å²) in [4.78, 5) is 4.19. The van der Waals surface area contributed by atoms with Gasteiger partial charge in [0.1, 0.15) is 4.90 Å². The maximum atomic E-state index is 12.5. The molecule has 18 heavy (non-hydrogen) atoms. The SMILES string of the molecule is CNc1ccncc1S(=O)(=O)N1CCC(C)CC1. The minimum absolute atomic E-state index is 0.266. The van der Waals surface area contributed by atoms with E-state index in [1.54, 1.807) is 23.6 Å². The molecule has 0 spiro atoms. The van der Waals surface area contributed by atoms with Crippen molar-refractivity contribution < 1.29 is 8.42 Å². The summed E-state index contributed by atoms with van der Waals surface area (Å²) in [6, 6.07) is 1.68. The Bertz CT molecular complexity index is 508. The van der Waals surface area contributed by atoms with E-state index in [9.17, 15) is 8.42 Å². The predicted molar refractivity (Wildman–Crippen MR) is 70.9 cm³/mol. The molecule has 0 radical (unpaired) electrons. The zero-order chi connectivity index (χ0) is 13.2. The molecular formula is C12H19N3O2S. The van der Waals surface area contributed by atoms with Crippen LogP contribution in [0.4, 0.5) is 5.69 Å². The lowest BCUT2D eigenvalue weighted by molar-refractivity contribution is 0.288. The summed E-state index contributed by atoms with van der Waals surface area (Å²) in [6.07, 6.45) is 4.85. The predicted octanol–water partition coefficient (Wildman–Crippen LogP) is 1.54. The van der Waals surface area contributed by atoms with Crippen LogP contribution in [0.15, 0.2) is 23.4 Å². The van der Waals surface area contributed by atoms with Crippen molar-refractivity contribution in [1.29, 1.82) is 0 Å². The van der Waals surface area contributed by atoms with Crippen LogP contribution in [0, 0.1) is 5.92 Å². The monoisotopic (exact) mass is 269 g/mol. The van der Waals surface area contributed by atoms with Crippen LogP contribution in [-0.2, 0) is 10.0 Å². The first kappa shape index (κ1) is 13.3. The number of rotatable bonds is 3. The molecule has 1 aromatic heterocycles. The van der Waals surface area contributed by atoms with Crippen molar-refractivity contribution in [3.05, 3.63) is 18.5 Å². The average Bonchev–Trinajstić information content (AvgIpc) is 2.39. The Morgan fingerprint density at radius 2 is 2.06 bits per heavy atom. The van der Waals surface area contributed by atoms with Crippen molar-refractivity contribution >= 4 is 15.7 Å². The largest absolute Gasteiger partial charge is 0.387 e. The Hall–Kier alpha value is -1.14. The van der Waals surface area contributed by atoms with Crippen molar-refractivity contribution in [1.82, 2.24) is 9.29 Å². The number of aromatic nitrogens is 1. The summed E-state index contributed by atoms with van der Waals surface area (Å²) >= 11 is 0. The molecule has 0 bridgehead atoms. The molecule has 100 valence electrons. The topological polar surface area (TPSA) is 62.3 Å². The minimum atomic E-state index is -3.42. The van der Waals surface area contributed by atoms with Gasteiger partial charge in [-0.15, -0.1) is 0 Å². The van der Waals surface area contributed by atoms with Crippen LogP contribution >= 0.6 is 0 Å². The molecule has 1 aromatic rings. The molecule has 6 heteroatoms. The summed E-state index contributed by atoms with van der Waals surface area (Å²) < 4.78 is 26.6. The van der Waals surface area contributed by atoms with Crippen LogP contribution in [0.3, 0.4) is 0 Å². The molecule has 2 rings (SSSR count). The van der Waals surface area contributed by atoms with E-state index in [4.69, 9.17) is 0 Å². The van der Waals surface area contributed by atoms with Gasteiger partial charge in [-0.3, -0.25) is 4.98 Å². The standard InChI is InChI=1S/C12H19N3O2S/c1-10-4-7-15(8-5-10)18(16,17)12-9-14-6-3-11(12)13-2/h3,6,9-10H,4-5,7-8H2,1-2H3,(H,13,14). The van der Waals surface area contributed by atoms with Crippen molar-refractivity contribution in [3.8, 4) is 0 Å². The molecule has 0 aromatic carbocycles. The highest BCUT2D eigenvalue weighted by Gasteiger charge is 2.29. The third-order valence-electron chi connectivity index (χ3n) is 3.41. The molecule has 5 nitrogen and oxygen atoms in total. The lowest BCUT2D eigenvalue weighted by atomic mass is 10.0. The number of nitrogens with zero attached hydrogens (tertiary/aromatic N) is 2. The van der Waals surface area contributed by atoms with E-state index in [1.165, 1.54) is 6.20 Å². The Kier molecular flexibility index (Phi) is 3.87. The van der Waals surface area contributed by atoms with E-state index in [0.29, 0.717) is 24.7 Å². The van der Waals surface area contributed by atoms with E-state index in [0.717, 1.165) is 12.8 Å². The number of hydrogen-bond donors (Lipinski definition) is 1. The molecule has 1 aliphatic heterocycles. The van der Waals surface area contributed by atoms with Gasteiger partial charge in [-0.05, 0) is 24.8 Å². The number of anilines is 1. The molecule has 0 aliphatic carbocycles. The molecular weight excluding hydrogens is 250 g/mol. The van der Waals surface area contributed by atoms with E-state index in [2.05, 4.69) is 17.2 Å². The zero-order valence-electron chi connectivity index (χ0n) is 10.8. The lowest BCUT2D eigenvalue weighted by Gasteiger charge is -2.29. The third kappa shape index (κ3) is 2.49. The molecule has 1 saturated heterocycles. The molecule has 1 fully saturated rings. The highest BCUT2D eigenvalue weighted by Crippen LogP contribution is 2.27. The van der Waals surface area contributed by atoms with E-state index >= 15 is 0 Å². The second-order valence-corrected chi connectivity index (χ2v) is 6.61. The summed E-state index contributed by atoms with van der Waals surface area (Å²) in [7, 11) is -1.70. The number of piperidine rings is 1. The maximum Gasteiger partial charge on any atom is 0.246 e. The maximum absolute atomic E-state index is 12.5. The van der Waals surface area contributed by atoms with Gasteiger partial charge in [0, 0.05) is 32.5 Å². The van der Waals surface area contributed by atoms with Crippen LogP contribution in [0.5, 0.6) is 0 Å².